The molecule has 0 amide bonds. The van der Waals surface area contributed by atoms with E-state index in [9.17, 15) is 4.39 Å². The van der Waals surface area contributed by atoms with Crippen molar-refractivity contribution in [3.05, 3.63) is 29.6 Å². The maximum Gasteiger partial charge on any atom is 0.125 e. The van der Waals surface area contributed by atoms with Gasteiger partial charge in [-0.1, -0.05) is 13.0 Å². The number of nitrogens with zero attached hydrogens (tertiary/aromatic N) is 1. The number of hydrogen-bond donors (Lipinski definition) is 1. The second kappa shape index (κ2) is 5.72. The third-order valence-corrected chi connectivity index (χ3v) is 5.11. The van der Waals surface area contributed by atoms with Crippen LogP contribution < -0.4 is 10.2 Å². The van der Waals surface area contributed by atoms with Crippen LogP contribution in [0.2, 0.25) is 0 Å². The Balaban J connectivity index is 1.74. The van der Waals surface area contributed by atoms with Crippen LogP contribution in [-0.4, -0.2) is 26.2 Å². The lowest BCUT2D eigenvalue weighted by atomic mass is 9.78. The second-order valence-electron chi connectivity index (χ2n) is 6.54. The highest BCUT2D eigenvalue weighted by Crippen LogP contribution is 2.34. The Labute approximate surface area is 121 Å². The lowest BCUT2D eigenvalue weighted by Gasteiger charge is -2.37. The number of hydrogen-bond acceptors (Lipinski definition) is 2. The number of benzene rings is 1. The molecular weight excluding hydrogens is 251 g/mol. The van der Waals surface area contributed by atoms with Crippen molar-refractivity contribution in [3.8, 4) is 0 Å². The largest absolute Gasteiger partial charge is 0.371 e. The number of halogens is 1. The van der Waals surface area contributed by atoms with E-state index in [4.69, 9.17) is 0 Å². The molecule has 1 aliphatic heterocycles. The van der Waals surface area contributed by atoms with Gasteiger partial charge in [0, 0.05) is 24.8 Å². The molecule has 3 heteroatoms. The zero-order valence-corrected chi connectivity index (χ0v) is 12.5. The molecule has 1 saturated carbocycles. The summed E-state index contributed by atoms with van der Waals surface area (Å²) in [6, 6.07) is 5.86. The number of fused-ring (bicyclic) bond motifs is 1. The highest BCUT2D eigenvalue weighted by Gasteiger charge is 2.31. The van der Waals surface area contributed by atoms with Crippen molar-refractivity contribution >= 4 is 5.69 Å². The van der Waals surface area contributed by atoms with E-state index in [1.807, 2.05) is 6.07 Å². The number of nitrogens with one attached hydrogen (secondary N) is 1. The molecule has 2 nitrogen and oxygen atoms in total. The van der Waals surface area contributed by atoms with E-state index in [1.165, 1.54) is 24.8 Å². The topological polar surface area (TPSA) is 15.3 Å². The highest BCUT2D eigenvalue weighted by atomic mass is 19.1. The Morgan fingerprint density at radius 2 is 2.20 bits per heavy atom. The van der Waals surface area contributed by atoms with Gasteiger partial charge in [0.15, 0.2) is 0 Å². The molecule has 0 radical (unpaired) electrons. The average Bonchev–Trinajstić information content (AvgIpc) is 2.82. The number of anilines is 1. The molecule has 1 heterocycles. The normalized spacial score (nSPS) is 29.6. The fourth-order valence-corrected chi connectivity index (χ4v) is 3.97. The van der Waals surface area contributed by atoms with E-state index in [0.29, 0.717) is 12.0 Å². The summed E-state index contributed by atoms with van der Waals surface area (Å²) in [5.41, 5.74) is 2.43. The first-order chi connectivity index (χ1) is 9.67. The van der Waals surface area contributed by atoms with Gasteiger partial charge in [0.05, 0.1) is 0 Å². The Morgan fingerprint density at radius 3 is 3.00 bits per heavy atom. The van der Waals surface area contributed by atoms with Crippen LogP contribution in [0.4, 0.5) is 10.1 Å². The minimum absolute atomic E-state index is 0.113. The summed E-state index contributed by atoms with van der Waals surface area (Å²) in [4.78, 5) is 2.39. The van der Waals surface area contributed by atoms with Gasteiger partial charge >= 0.3 is 0 Å². The monoisotopic (exact) mass is 276 g/mol. The van der Waals surface area contributed by atoms with E-state index in [1.54, 1.807) is 12.1 Å². The molecule has 1 fully saturated rings. The van der Waals surface area contributed by atoms with E-state index >= 15 is 0 Å². The molecule has 20 heavy (non-hydrogen) atoms. The van der Waals surface area contributed by atoms with Gasteiger partial charge in [0.2, 0.25) is 0 Å². The summed E-state index contributed by atoms with van der Waals surface area (Å²) in [6.07, 6.45) is 4.94. The Kier molecular flexibility index (Phi) is 3.97. The number of rotatable bonds is 3. The molecule has 0 saturated heterocycles. The molecule has 1 N–H and O–H groups in total. The van der Waals surface area contributed by atoms with Crippen LogP contribution in [0.25, 0.3) is 0 Å². The van der Waals surface area contributed by atoms with Crippen LogP contribution in [0, 0.1) is 17.7 Å². The predicted octanol–water partition coefficient (Wildman–Crippen LogP) is 3.21. The van der Waals surface area contributed by atoms with Crippen molar-refractivity contribution in [3.63, 3.8) is 0 Å². The van der Waals surface area contributed by atoms with E-state index in [-0.39, 0.29) is 5.82 Å². The molecule has 0 bridgehead atoms. The minimum Gasteiger partial charge on any atom is -0.371 e. The van der Waals surface area contributed by atoms with Crippen LogP contribution in [0.1, 0.15) is 31.7 Å². The van der Waals surface area contributed by atoms with Crippen molar-refractivity contribution in [1.82, 2.24) is 5.32 Å². The van der Waals surface area contributed by atoms with Crippen molar-refractivity contribution in [2.45, 2.75) is 38.6 Å². The Morgan fingerprint density at radius 1 is 1.35 bits per heavy atom. The lowest BCUT2D eigenvalue weighted by molar-refractivity contribution is 0.224. The third-order valence-electron chi connectivity index (χ3n) is 5.11. The molecular formula is C17H25FN2. The summed E-state index contributed by atoms with van der Waals surface area (Å²) in [5.74, 6) is 1.38. The maximum atomic E-state index is 13.5. The van der Waals surface area contributed by atoms with Gasteiger partial charge in [-0.15, -0.1) is 0 Å². The van der Waals surface area contributed by atoms with Gasteiger partial charge in [-0.05, 0) is 62.3 Å². The van der Waals surface area contributed by atoms with Gasteiger partial charge in [-0.2, -0.15) is 0 Å². The fourth-order valence-electron chi connectivity index (χ4n) is 3.97. The average molecular weight is 276 g/mol. The molecule has 110 valence electrons. The van der Waals surface area contributed by atoms with E-state index < -0.39 is 0 Å². The van der Waals surface area contributed by atoms with Gasteiger partial charge in [-0.3, -0.25) is 0 Å². The van der Waals surface area contributed by atoms with Gasteiger partial charge in [-0.25, -0.2) is 4.39 Å². The first-order valence-corrected chi connectivity index (χ1v) is 7.88. The molecule has 2 aliphatic rings. The minimum atomic E-state index is -0.113. The Hall–Kier alpha value is -1.09. The predicted molar refractivity (Wildman–Crippen MR) is 81.7 cm³/mol. The fraction of sp³-hybridized carbons (Fsp3) is 0.647. The summed E-state index contributed by atoms with van der Waals surface area (Å²) < 4.78 is 13.5. The SMILES string of the molecule is CNC1CCC(C)CC1CN1CCc2ccc(F)cc21. The van der Waals surface area contributed by atoms with E-state index in [2.05, 4.69) is 24.2 Å². The second-order valence-corrected chi connectivity index (χ2v) is 6.54. The molecule has 3 unspecified atom stereocenters. The molecule has 0 spiro atoms. The first kappa shape index (κ1) is 13.9. The van der Waals surface area contributed by atoms with Crippen molar-refractivity contribution in [2.24, 2.45) is 11.8 Å². The lowest BCUT2D eigenvalue weighted by Crippen LogP contribution is -2.44. The quantitative estimate of drug-likeness (QED) is 0.912. The zero-order valence-electron chi connectivity index (χ0n) is 12.5. The van der Waals surface area contributed by atoms with E-state index in [0.717, 1.165) is 31.1 Å². The standard InChI is InChI=1S/C17H25FN2/c1-12-3-6-16(19-2)14(9-12)11-20-8-7-13-4-5-15(18)10-17(13)20/h4-5,10,12,14,16,19H,3,6-9,11H2,1-2H3. The van der Waals surface area contributed by atoms with Crippen molar-refractivity contribution in [2.75, 3.05) is 25.0 Å². The summed E-state index contributed by atoms with van der Waals surface area (Å²) in [7, 11) is 2.07. The van der Waals surface area contributed by atoms with Crippen molar-refractivity contribution < 1.29 is 4.39 Å². The third kappa shape index (κ3) is 2.69. The maximum absolute atomic E-state index is 13.5. The summed E-state index contributed by atoms with van der Waals surface area (Å²) >= 11 is 0. The van der Waals surface area contributed by atoms with Gasteiger partial charge in [0.1, 0.15) is 5.82 Å². The molecule has 1 aliphatic carbocycles. The highest BCUT2D eigenvalue weighted by molar-refractivity contribution is 5.58. The van der Waals surface area contributed by atoms with Gasteiger partial charge < -0.3 is 10.2 Å². The molecule has 1 aromatic carbocycles. The molecule has 3 rings (SSSR count). The molecule has 0 aromatic heterocycles. The Bertz CT molecular complexity index is 474. The van der Waals surface area contributed by atoms with Crippen LogP contribution in [0.15, 0.2) is 18.2 Å². The van der Waals surface area contributed by atoms with Crippen LogP contribution in [-0.2, 0) is 6.42 Å². The summed E-state index contributed by atoms with van der Waals surface area (Å²) in [6.45, 7) is 4.46. The molecule has 1 aromatic rings. The molecule has 3 atom stereocenters. The van der Waals surface area contributed by atoms with Crippen LogP contribution in [0.3, 0.4) is 0 Å². The first-order valence-electron chi connectivity index (χ1n) is 7.88. The zero-order chi connectivity index (χ0) is 14.1. The van der Waals surface area contributed by atoms with Crippen LogP contribution >= 0.6 is 0 Å². The smallest absolute Gasteiger partial charge is 0.125 e. The van der Waals surface area contributed by atoms with Gasteiger partial charge in [0.25, 0.3) is 0 Å². The van der Waals surface area contributed by atoms with Crippen LogP contribution in [0.5, 0.6) is 0 Å². The van der Waals surface area contributed by atoms with Crippen molar-refractivity contribution in [1.29, 1.82) is 0 Å². The summed E-state index contributed by atoms with van der Waals surface area (Å²) in [5, 5.41) is 3.48.